The highest BCUT2D eigenvalue weighted by molar-refractivity contribution is 5.94. The van der Waals surface area contributed by atoms with E-state index in [4.69, 9.17) is 15.2 Å². The fraction of sp³-hybridized carbons (Fsp3) is 0.286. The van der Waals surface area contributed by atoms with Crippen LogP contribution in [0.3, 0.4) is 0 Å². The molecule has 0 radical (unpaired) electrons. The molecule has 30 heavy (non-hydrogen) atoms. The van der Waals surface area contributed by atoms with Crippen molar-refractivity contribution in [3.8, 4) is 11.5 Å². The van der Waals surface area contributed by atoms with E-state index in [0.29, 0.717) is 30.0 Å². The number of ether oxygens (including phenoxy) is 2. The number of amides is 3. The van der Waals surface area contributed by atoms with Gasteiger partial charge in [-0.2, -0.15) is 0 Å². The Morgan fingerprint density at radius 3 is 2.43 bits per heavy atom. The highest BCUT2D eigenvalue weighted by atomic mass is 19.1. The smallest absolute Gasteiger partial charge is 0.255 e. The summed E-state index contributed by atoms with van der Waals surface area (Å²) >= 11 is 0. The maximum Gasteiger partial charge on any atom is 0.255 e. The minimum Gasteiger partial charge on any atom is -0.493 e. The second kappa shape index (κ2) is 11.4. The SMILES string of the molecule is COc1cc(CNC(=O)CCCNC(=O)c2ccc(F)cc2)ccc1OCC(N)=O. The van der Waals surface area contributed by atoms with E-state index >= 15 is 0 Å². The van der Waals surface area contributed by atoms with Crippen LogP contribution in [-0.4, -0.2) is 38.0 Å². The summed E-state index contributed by atoms with van der Waals surface area (Å²) in [6.45, 7) is 0.348. The summed E-state index contributed by atoms with van der Waals surface area (Å²) in [5.74, 6) is -0.689. The molecular formula is C21H24FN3O5. The van der Waals surface area contributed by atoms with Gasteiger partial charge in [-0.3, -0.25) is 14.4 Å². The number of methoxy groups -OCH3 is 1. The van der Waals surface area contributed by atoms with Crippen LogP contribution >= 0.6 is 0 Å². The maximum atomic E-state index is 12.9. The summed E-state index contributed by atoms with van der Waals surface area (Å²) in [5, 5.41) is 5.47. The number of hydrogen-bond donors (Lipinski definition) is 3. The zero-order chi connectivity index (χ0) is 21.9. The molecule has 0 heterocycles. The standard InChI is InChI=1S/C21H24FN3O5/c1-29-18-11-14(4-9-17(18)30-13-19(23)26)12-25-20(27)3-2-10-24-21(28)15-5-7-16(22)8-6-15/h4-9,11H,2-3,10,12-13H2,1H3,(H2,23,26)(H,24,28)(H,25,27). The van der Waals surface area contributed by atoms with Crippen LogP contribution in [0.4, 0.5) is 4.39 Å². The minimum atomic E-state index is -0.595. The van der Waals surface area contributed by atoms with Crippen LogP contribution in [0.5, 0.6) is 11.5 Å². The normalized spacial score (nSPS) is 10.2. The Labute approximate surface area is 173 Å². The van der Waals surface area contributed by atoms with Crippen LogP contribution < -0.4 is 25.8 Å². The van der Waals surface area contributed by atoms with Crippen LogP contribution in [-0.2, 0) is 16.1 Å². The Bertz CT molecular complexity index is 887. The fourth-order valence-electron chi connectivity index (χ4n) is 2.53. The summed E-state index contributed by atoms with van der Waals surface area (Å²) in [6.07, 6.45) is 0.697. The molecule has 9 heteroatoms. The zero-order valence-electron chi connectivity index (χ0n) is 16.6. The van der Waals surface area contributed by atoms with Crippen molar-refractivity contribution in [2.24, 2.45) is 5.73 Å². The zero-order valence-corrected chi connectivity index (χ0v) is 16.6. The van der Waals surface area contributed by atoms with Gasteiger partial charge in [0, 0.05) is 25.1 Å². The van der Waals surface area contributed by atoms with Crippen molar-refractivity contribution < 1.29 is 28.2 Å². The molecule has 2 aromatic rings. The molecule has 3 amide bonds. The summed E-state index contributed by atoms with van der Waals surface area (Å²) in [6, 6.07) is 10.3. The van der Waals surface area contributed by atoms with Crippen LogP contribution in [0.25, 0.3) is 0 Å². The quantitative estimate of drug-likeness (QED) is 0.479. The van der Waals surface area contributed by atoms with Crippen molar-refractivity contribution in [2.75, 3.05) is 20.3 Å². The summed E-state index contributed by atoms with van der Waals surface area (Å²) in [7, 11) is 1.47. The number of hydrogen-bond acceptors (Lipinski definition) is 5. The first-order chi connectivity index (χ1) is 14.4. The first kappa shape index (κ1) is 22.7. The number of rotatable bonds is 11. The molecule has 8 nitrogen and oxygen atoms in total. The molecule has 0 aliphatic carbocycles. The molecule has 0 bridgehead atoms. The van der Waals surface area contributed by atoms with Crippen molar-refractivity contribution >= 4 is 17.7 Å². The van der Waals surface area contributed by atoms with E-state index in [1.54, 1.807) is 18.2 Å². The first-order valence-electron chi connectivity index (χ1n) is 9.27. The van der Waals surface area contributed by atoms with Crippen molar-refractivity contribution in [3.05, 3.63) is 59.4 Å². The molecule has 2 aromatic carbocycles. The van der Waals surface area contributed by atoms with Gasteiger partial charge >= 0.3 is 0 Å². The predicted molar refractivity (Wildman–Crippen MR) is 107 cm³/mol. The fourth-order valence-corrected chi connectivity index (χ4v) is 2.53. The van der Waals surface area contributed by atoms with E-state index in [2.05, 4.69) is 10.6 Å². The molecule has 0 aliphatic rings. The van der Waals surface area contributed by atoms with Gasteiger partial charge in [0.2, 0.25) is 5.91 Å². The van der Waals surface area contributed by atoms with Crippen LogP contribution in [0.2, 0.25) is 0 Å². The van der Waals surface area contributed by atoms with Gasteiger partial charge in [-0.1, -0.05) is 6.07 Å². The van der Waals surface area contributed by atoms with E-state index in [0.717, 1.165) is 5.56 Å². The molecule has 0 aromatic heterocycles. The van der Waals surface area contributed by atoms with Gasteiger partial charge in [0.15, 0.2) is 18.1 Å². The molecule has 160 valence electrons. The van der Waals surface area contributed by atoms with Crippen molar-refractivity contribution in [2.45, 2.75) is 19.4 Å². The number of halogens is 1. The highest BCUT2D eigenvalue weighted by Gasteiger charge is 2.09. The van der Waals surface area contributed by atoms with Crippen LogP contribution in [0, 0.1) is 5.82 Å². The molecule has 2 rings (SSSR count). The number of primary amides is 1. The number of carbonyl (C=O) groups excluding carboxylic acids is 3. The molecule has 4 N–H and O–H groups in total. The Balaban J connectivity index is 1.71. The third kappa shape index (κ3) is 7.42. The van der Waals surface area contributed by atoms with Crippen LogP contribution in [0.1, 0.15) is 28.8 Å². The van der Waals surface area contributed by atoms with E-state index in [9.17, 15) is 18.8 Å². The number of nitrogens with one attached hydrogen (secondary N) is 2. The van der Waals surface area contributed by atoms with Gasteiger partial charge in [0.1, 0.15) is 5.82 Å². The lowest BCUT2D eigenvalue weighted by molar-refractivity contribution is -0.121. The van der Waals surface area contributed by atoms with Gasteiger partial charge in [0.25, 0.3) is 11.8 Å². The Morgan fingerprint density at radius 1 is 1.03 bits per heavy atom. The highest BCUT2D eigenvalue weighted by Crippen LogP contribution is 2.28. The second-order valence-corrected chi connectivity index (χ2v) is 6.38. The maximum absolute atomic E-state index is 12.9. The molecule has 0 saturated carbocycles. The molecular weight excluding hydrogens is 393 g/mol. The second-order valence-electron chi connectivity index (χ2n) is 6.38. The van der Waals surface area contributed by atoms with E-state index in [1.165, 1.54) is 31.4 Å². The van der Waals surface area contributed by atoms with Gasteiger partial charge in [-0.05, 0) is 48.4 Å². The lowest BCUT2D eigenvalue weighted by Gasteiger charge is -2.12. The predicted octanol–water partition coefficient (Wildman–Crippen LogP) is 1.52. The molecule has 0 fully saturated rings. The summed E-state index contributed by atoms with van der Waals surface area (Å²) < 4.78 is 23.3. The van der Waals surface area contributed by atoms with E-state index in [-0.39, 0.29) is 31.4 Å². The minimum absolute atomic E-state index is 0.168. The topological polar surface area (TPSA) is 120 Å². The Hall–Kier alpha value is -3.62. The first-order valence-corrected chi connectivity index (χ1v) is 9.27. The van der Waals surface area contributed by atoms with Crippen molar-refractivity contribution in [1.82, 2.24) is 10.6 Å². The van der Waals surface area contributed by atoms with Gasteiger partial charge in [-0.25, -0.2) is 4.39 Å². The van der Waals surface area contributed by atoms with Gasteiger partial charge in [-0.15, -0.1) is 0 Å². The largest absolute Gasteiger partial charge is 0.493 e. The molecule has 0 atom stereocenters. The average Bonchev–Trinajstić information content (AvgIpc) is 2.74. The van der Waals surface area contributed by atoms with Gasteiger partial charge < -0.3 is 25.8 Å². The lowest BCUT2D eigenvalue weighted by Crippen LogP contribution is -2.27. The monoisotopic (exact) mass is 417 g/mol. The summed E-state index contributed by atoms with van der Waals surface area (Å²) in [4.78, 5) is 34.7. The third-order valence-corrected chi connectivity index (χ3v) is 4.06. The van der Waals surface area contributed by atoms with Crippen molar-refractivity contribution in [1.29, 1.82) is 0 Å². The van der Waals surface area contributed by atoms with E-state index < -0.39 is 11.7 Å². The Kier molecular flexibility index (Phi) is 8.61. The number of benzene rings is 2. The third-order valence-electron chi connectivity index (χ3n) is 4.06. The number of carbonyl (C=O) groups is 3. The summed E-state index contributed by atoms with van der Waals surface area (Å²) in [5.41, 5.74) is 6.20. The molecule has 0 aliphatic heterocycles. The van der Waals surface area contributed by atoms with Crippen molar-refractivity contribution in [3.63, 3.8) is 0 Å². The van der Waals surface area contributed by atoms with Gasteiger partial charge in [0.05, 0.1) is 7.11 Å². The van der Waals surface area contributed by atoms with E-state index in [1.807, 2.05) is 0 Å². The molecule has 0 spiro atoms. The average molecular weight is 417 g/mol. The number of nitrogens with two attached hydrogens (primary N) is 1. The Morgan fingerprint density at radius 2 is 1.77 bits per heavy atom. The van der Waals surface area contributed by atoms with Crippen LogP contribution in [0.15, 0.2) is 42.5 Å². The molecule has 0 saturated heterocycles. The molecule has 0 unspecified atom stereocenters. The lowest BCUT2D eigenvalue weighted by atomic mass is 10.2.